The molecule has 2 aromatic rings. The lowest BCUT2D eigenvalue weighted by molar-refractivity contribution is -0.159. The van der Waals surface area contributed by atoms with E-state index < -0.39 is 11.6 Å². The Balaban J connectivity index is 0.000000314. The topological polar surface area (TPSA) is 52.6 Å². The van der Waals surface area contributed by atoms with Crippen LogP contribution in [-0.4, -0.2) is 28.3 Å². The quantitative estimate of drug-likeness (QED) is 0.464. The summed E-state index contributed by atoms with van der Waals surface area (Å²) >= 11 is 8.79. The maximum absolute atomic E-state index is 11.6. The van der Waals surface area contributed by atoms with Gasteiger partial charge < -0.3 is 9.47 Å². The number of rotatable bonds is 5. The van der Waals surface area contributed by atoms with Crippen molar-refractivity contribution in [2.24, 2.45) is 0 Å². The van der Waals surface area contributed by atoms with Gasteiger partial charge in [0.25, 0.3) is 0 Å². The lowest BCUT2D eigenvalue weighted by Gasteiger charge is -2.24. The molecule has 0 bridgehead atoms. The number of thiocarbonyl (C=S) groups is 1. The third-order valence-electron chi connectivity index (χ3n) is 3.15. The van der Waals surface area contributed by atoms with Crippen LogP contribution in [0.5, 0.6) is 0 Å². The summed E-state index contributed by atoms with van der Waals surface area (Å²) < 4.78 is 10.4. The lowest BCUT2D eigenvalue weighted by atomic mass is 10.1. The Bertz CT molecular complexity index is 728. The van der Waals surface area contributed by atoms with E-state index >= 15 is 0 Å². The van der Waals surface area contributed by atoms with E-state index in [-0.39, 0.29) is 5.12 Å². The van der Waals surface area contributed by atoms with Crippen LogP contribution in [0.1, 0.15) is 36.7 Å². The summed E-state index contributed by atoms with van der Waals surface area (Å²) in [5, 5.41) is 0.110. The molecule has 0 saturated carbocycles. The Labute approximate surface area is 164 Å². The van der Waals surface area contributed by atoms with Gasteiger partial charge in [-0.25, -0.2) is 4.79 Å². The van der Waals surface area contributed by atoms with Crippen molar-refractivity contribution in [2.75, 3.05) is 6.61 Å². The van der Waals surface area contributed by atoms with E-state index in [4.69, 9.17) is 21.7 Å². The van der Waals surface area contributed by atoms with Gasteiger partial charge in [0.1, 0.15) is 0 Å². The van der Waals surface area contributed by atoms with Gasteiger partial charge in [-0.3, -0.25) is 4.79 Å². The van der Waals surface area contributed by atoms with E-state index in [9.17, 15) is 9.59 Å². The van der Waals surface area contributed by atoms with Gasteiger partial charge in [-0.05, 0) is 33.0 Å². The number of thiol groups is 1. The van der Waals surface area contributed by atoms with E-state index in [1.54, 1.807) is 32.9 Å². The van der Waals surface area contributed by atoms with Crippen LogP contribution in [0.4, 0.5) is 0 Å². The first-order valence-corrected chi connectivity index (χ1v) is 8.87. The van der Waals surface area contributed by atoms with Crippen molar-refractivity contribution in [1.82, 2.24) is 0 Å². The molecule has 2 aromatic carbocycles. The highest BCUT2D eigenvalue weighted by molar-refractivity contribution is 7.97. The monoisotopic (exact) mass is 390 g/mol. The van der Waals surface area contributed by atoms with Crippen LogP contribution < -0.4 is 0 Å². The Morgan fingerprint density at radius 1 is 0.962 bits per heavy atom. The molecular weight excluding hydrogens is 368 g/mol. The zero-order valence-corrected chi connectivity index (χ0v) is 16.7. The van der Waals surface area contributed by atoms with Crippen molar-refractivity contribution in [3.8, 4) is 0 Å². The molecule has 0 fully saturated rings. The van der Waals surface area contributed by atoms with Gasteiger partial charge in [-0.2, -0.15) is 0 Å². The van der Waals surface area contributed by atoms with Gasteiger partial charge in [-0.1, -0.05) is 60.7 Å². The normalized spacial score (nSPS) is 10.2. The standard InChI is InChI=1S/C13H16O3S.C7H6OS/c1-4-15-12(14)13(2,3)16-11(17)10-8-6-5-7-9-10;8-7(9)6-4-2-1-3-5-6/h5-9H,4H2,1-3H3;1-5H,(H,8,9). The van der Waals surface area contributed by atoms with Crippen molar-refractivity contribution in [2.45, 2.75) is 26.4 Å². The molecule has 26 heavy (non-hydrogen) atoms. The first kappa shape index (κ1) is 21.9. The van der Waals surface area contributed by atoms with Crippen LogP contribution in [0, 0.1) is 0 Å². The molecule has 0 aliphatic carbocycles. The maximum atomic E-state index is 11.6. The van der Waals surface area contributed by atoms with Crippen LogP contribution in [0.15, 0.2) is 60.7 Å². The first-order chi connectivity index (χ1) is 12.3. The third kappa shape index (κ3) is 7.37. The minimum absolute atomic E-state index is 0.185. The molecule has 0 atom stereocenters. The zero-order chi connectivity index (χ0) is 19.6. The van der Waals surface area contributed by atoms with Crippen molar-refractivity contribution < 1.29 is 19.1 Å². The maximum Gasteiger partial charge on any atom is 0.349 e. The van der Waals surface area contributed by atoms with Crippen molar-refractivity contribution in [1.29, 1.82) is 0 Å². The molecule has 0 N–H and O–H groups in total. The van der Waals surface area contributed by atoms with Crippen LogP contribution in [0.25, 0.3) is 0 Å². The number of benzene rings is 2. The summed E-state index contributed by atoms with van der Waals surface area (Å²) in [5.74, 6) is -0.418. The average Bonchev–Trinajstić information content (AvgIpc) is 2.63. The van der Waals surface area contributed by atoms with E-state index in [2.05, 4.69) is 12.6 Å². The minimum Gasteiger partial charge on any atom is -0.465 e. The second-order valence-corrected chi connectivity index (χ2v) is 6.43. The summed E-state index contributed by atoms with van der Waals surface area (Å²) in [6, 6.07) is 18.2. The van der Waals surface area contributed by atoms with E-state index in [1.165, 1.54) is 0 Å². The Morgan fingerprint density at radius 3 is 1.81 bits per heavy atom. The van der Waals surface area contributed by atoms with Crippen molar-refractivity contribution in [3.05, 3.63) is 71.8 Å². The van der Waals surface area contributed by atoms with Gasteiger partial charge in [0.05, 0.1) is 6.61 Å². The SMILES string of the molecule is CCOC(=O)C(C)(C)OC(=S)c1ccccc1.O=C(S)c1ccccc1. The third-order valence-corrected chi connectivity index (χ3v) is 3.72. The van der Waals surface area contributed by atoms with Gasteiger partial charge in [0, 0.05) is 11.1 Å². The fraction of sp³-hybridized carbons (Fsp3) is 0.250. The molecule has 6 heteroatoms. The van der Waals surface area contributed by atoms with E-state index in [0.717, 1.165) is 5.56 Å². The number of hydrogen-bond acceptors (Lipinski definition) is 5. The highest BCUT2D eigenvalue weighted by Crippen LogP contribution is 2.16. The van der Waals surface area contributed by atoms with E-state index in [1.807, 2.05) is 48.5 Å². The first-order valence-electron chi connectivity index (χ1n) is 8.02. The number of ether oxygens (including phenoxy) is 2. The van der Waals surface area contributed by atoms with Gasteiger partial charge in [0.2, 0.25) is 10.7 Å². The van der Waals surface area contributed by atoms with E-state index in [0.29, 0.717) is 17.2 Å². The molecule has 2 rings (SSSR count). The molecule has 0 spiro atoms. The Kier molecular flexibility index (Phi) is 9.02. The van der Waals surface area contributed by atoms with Gasteiger partial charge in [-0.15, -0.1) is 12.6 Å². The highest BCUT2D eigenvalue weighted by atomic mass is 32.1. The second-order valence-electron chi connectivity index (χ2n) is 5.66. The summed E-state index contributed by atoms with van der Waals surface area (Å²) in [6.07, 6.45) is 0. The highest BCUT2D eigenvalue weighted by Gasteiger charge is 2.32. The van der Waals surface area contributed by atoms with Crippen molar-refractivity contribution >= 4 is 41.0 Å². The molecule has 138 valence electrons. The molecular formula is C20H22O4S2. The Hall–Kier alpha value is -2.18. The predicted molar refractivity (Wildman–Crippen MR) is 110 cm³/mol. The summed E-state index contributed by atoms with van der Waals surface area (Å²) in [5.41, 5.74) is 0.351. The number of esters is 1. The molecule has 0 aliphatic heterocycles. The number of carbonyl (C=O) groups excluding carboxylic acids is 2. The average molecular weight is 391 g/mol. The number of carbonyl (C=O) groups is 2. The van der Waals surface area contributed by atoms with Gasteiger partial charge >= 0.3 is 5.97 Å². The van der Waals surface area contributed by atoms with Gasteiger partial charge in [0.15, 0.2) is 5.05 Å². The summed E-state index contributed by atoms with van der Waals surface area (Å²) in [7, 11) is 0. The molecule has 0 aromatic heterocycles. The molecule has 0 heterocycles. The molecule has 4 nitrogen and oxygen atoms in total. The zero-order valence-electron chi connectivity index (χ0n) is 15.0. The van der Waals surface area contributed by atoms with Crippen molar-refractivity contribution in [3.63, 3.8) is 0 Å². The molecule has 0 saturated heterocycles. The van der Waals surface area contributed by atoms with Crippen LogP contribution in [0.3, 0.4) is 0 Å². The molecule has 0 radical (unpaired) electrons. The molecule has 0 aliphatic rings. The van der Waals surface area contributed by atoms with Crippen LogP contribution >= 0.6 is 24.8 Å². The van der Waals surface area contributed by atoms with Crippen LogP contribution in [0.2, 0.25) is 0 Å². The largest absolute Gasteiger partial charge is 0.465 e. The smallest absolute Gasteiger partial charge is 0.349 e. The Morgan fingerprint density at radius 2 is 1.42 bits per heavy atom. The van der Waals surface area contributed by atoms with Crippen LogP contribution in [-0.2, 0) is 14.3 Å². The second kappa shape index (κ2) is 10.7. The summed E-state index contributed by atoms with van der Waals surface area (Å²) in [6.45, 7) is 5.35. The summed E-state index contributed by atoms with van der Waals surface area (Å²) in [4.78, 5) is 22.1. The number of hydrogen-bond donors (Lipinski definition) is 1. The predicted octanol–water partition coefficient (Wildman–Crippen LogP) is 4.48. The minimum atomic E-state index is -1.07. The fourth-order valence-corrected chi connectivity index (χ4v) is 2.29. The molecule has 0 unspecified atom stereocenters. The molecule has 0 amide bonds. The lowest BCUT2D eigenvalue weighted by Crippen LogP contribution is -2.38. The fourth-order valence-electron chi connectivity index (χ4n) is 1.79.